The topological polar surface area (TPSA) is 3.24 Å². The van der Waals surface area contributed by atoms with Crippen LogP contribution in [0.3, 0.4) is 0 Å². The largest absolute Gasteiger partial charge is 0.296 e. The van der Waals surface area contributed by atoms with Crippen LogP contribution >= 0.6 is 11.8 Å². The third kappa shape index (κ3) is 1.43. The molecule has 64 valence electrons. The molecular formula is C9H17NS. The van der Waals surface area contributed by atoms with Crippen LogP contribution in [0.4, 0.5) is 0 Å². The molecule has 0 aliphatic carbocycles. The Bertz CT molecular complexity index is 145. The first kappa shape index (κ1) is 7.93. The molecule has 2 atom stereocenters. The van der Waals surface area contributed by atoms with Gasteiger partial charge < -0.3 is 0 Å². The molecule has 0 spiro atoms. The minimum atomic E-state index is 0.401. The molecule has 0 radical (unpaired) electrons. The van der Waals surface area contributed by atoms with E-state index in [1.807, 2.05) is 0 Å². The summed E-state index contributed by atoms with van der Waals surface area (Å²) in [6.45, 7) is 9.61. The quantitative estimate of drug-likeness (QED) is 0.548. The first-order chi connectivity index (χ1) is 5.05. The Hall–Kier alpha value is 0.310. The fraction of sp³-hybridized carbons (Fsp3) is 1.00. The standard InChI is InChI=1S/C9H17NS/c1-9(2,3)10-5-7-4-8(6-10)11-7/h7-8H,4-6H2,1-3H3. The molecule has 2 heteroatoms. The van der Waals surface area contributed by atoms with Crippen molar-refractivity contribution in [3.05, 3.63) is 0 Å². The first-order valence-corrected chi connectivity index (χ1v) is 5.40. The summed E-state index contributed by atoms with van der Waals surface area (Å²) in [5.41, 5.74) is 0.401. The van der Waals surface area contributed by atoms with Crippen LogP contribution < -0.4 is 0 Å². The van der Waals surface area contributed by atoms with Gasteiger partial charge in [0.15, 0.2) is 0 Å². The van der Waals surface area contributed by atoms with E-state index >= 15 is 0 Å². The van der Waals surface area contributed by atoms with Crippen molar-refractivity contribution in [2.24, 2.45) is 0 Å². The highest BCUT2D eigenvalue weighted by Crippen LogP contribution is 2.43. The highest BCUT2D eigenvalue weighted by molar-refractivity contribution is 8.02. The van der Waals surface area contributed by atoms with Gasteiger partial charge in [0.25, 0.3) is 0 Å². The lowest BCUT2D eigenvalue weighted by atomic mass is 10.00. The van der Waals surface area contributed by atoms with E-state index < -0.39 is 0 Å². The van der Waals surface area contributed by atoms with Crippen molar-refractivity contribution in [1.82, 2.24) is 4.90 Å². The predicted molar refractivity (Wildman–Crippen MR) is 51.1 cm³/mol. The molecule has 11 heavy (non-hydrogen) atoms. The van der Waals surface area contributed by atoms with Crippen LogP contribution in [0.25, 0.3) is 0 Å². The van der Waals surface area contributed by atoms with Gasteiger partial charge in [-0.15, -0.1) is 0 Å². The molecule has 3 fully saturated rings. The smallest absolute Gasteiger partial charge is 0.0189 e. The average molecular weight is 171 g/mol. The summed E-state index contributed by atoms with van der Waals surface area (Å²) in [4.78, 5) is 2.63. The van der Waals surface area contributed by atoms with Gasteiger partial charge in [0.05, 0.1) is 0 Å². The molecule has 3 aliphatic rings. The van der Waals surface area contributed by atoms with Gasteiger partial charge in [-0.1, -0.05) is 0 Å². The summed E-state index contributed by atoms with van der Waals surface area (Å²) in [5, 5.41) is 1.93. The molecule has 0 aromatic carbocycles. The summed E-state index contributed by atoms with van der Waals surface area (Å²) in [6, 6.07) is 0. The van der Waals surface area contributed by atoms with Crippen molar-refractivity contribution >= 4 is 11.8 Å². The third-order valence-electron chi connectivity index (χ3n) is 2.71. The summed E-state index contributed by atoms with van der Waals surface area (Å²) < 4.78 is 0. The molecular weight excluding hydrogens is 154 g/mol. The lowest BCUT2D eigenvalue weighted by Crippen LogP contribution is -2.57. The maximum atomic E-state index is 2.63. The minimum absolute atomic E-state index is 0.401. The maximum Gasteiger partial charge on any atom is 0.0189 e. The zero-order chi connectivity index (χ0) is 8.06. The van der Waals surface area contributed by atoms with Crippen LogP contribution in [0.2, 0.25) is 0 Å². The predicted octanol–water partition coefficient (Wildman–Crippen LogP) is 1.97. The highest BCUT2D eigenvalue weighted by atomic mass is 32.2. The summed E-state index contributed by atoms with van der Waals surface area (Å²) in [6.07, 6.45) is 1.48. The molecule has 3 heterocycles. The Morgan fingerprint density at radius 1 is 1.18 bits per heavy atom. The summed E-state index contributed by atoms with van der Waals surface area (Å²) >= 11 is 2.19. The normalized spacial score (nSPS) is 38.5. The number of fused-ring (bicyclic) bond motifs is 2. The highest BCUT2D eigenvalue weighted by Gasteiger charge is 2.40. The third-order valence-corrected chi connectivity index (χ3v) is 4.16. The molecule has 3 aliphatic heterocycles. The van der Waals surface area contributed by atoms with Gasteiger partial charge in [0.2, 0.25) is 0 Å². The van der Waals surface area contributed by atoms with Gasteiger partial charge in [0.1, 0.15) is 0 Å². The zero-order valence-corrected chi connectivity index (χ0v) is 8.45. The maximum absolute atomic E-state index is 2.63. The molecule has 3 saturated heterocycles. The van der Waals surface area contributed by atoms with E-state index in [9.17, 15) is 0 Å². The molecule has 0 aromatic heterocycles. The van der Waals surface area contributed by atoms with E-state index in [0.29, 0.717) is 5.54 Å². The molecule has 1 nitrogen and oxygen atoms in total. The molecule has 0 aromatic rings. The lowest BCUT2D eigenvalue weighted by molar-refractivity contribution is 0.107. The van der Waals surface area contributed by atoms with Crippen LogP contribution in [0.15, 0.2) is 0 Å². The van der Waals surface area contributed by atoms with Gasteiger partial charge >= 0.3 is 0 Å². The number of hydrogen-bond donors (Lipinski definition) is 0. The Balaban J connectivity index is 1.97. The Kier molecular flexibility index (Phi) is 1.73. The Morgan fingerprint density at radius 3 is 1.91 bits per heavy atom. The zero-order valence-electron chi connectivity index (χ0n) is 7.63. The van der Waals surface area contributed by atoms with Gasteiger partial charge in [-0.25, -0.2) is 0 Å². The van der Waals surface area contributed by atoms with Gasteiger partial charge in [-0.05, 0) is 27.2 Å². The number of thioether (sulfide) groups is 1. The van der Waals surface area contributed by atoms with Crippen LogP contribution in [0.5, 0.6) is 0 Å². The Labute approximate surface area is 73.5 Å². The molecule has 0 saturated carbocycles. The fourth-order valence-corrected chi connectivity index (χ4v) is 3.31. The first-order valence-electron chi connectivity index (χ1n) is 4.46. The van der Waals surface area contributed by atoms with Crippen LogP contribution in [0.1, 0.15) is 27.2 Å². The van der Waals surface area contributed by atoms with Gasteiger partial charge in [0, 0.05) is 29.1 Å². The van der Waals surface area contributed by atoms with Crippen LogP contribution in [0, 0.1) is 0 Å². The van der Waals surface area contributed by atoms with E-state index in [1.165, 1.54) is 19.5 Å². The monoisotopic (exact) mass is 171 g/mol. The second kappa shape index (κ2) is 2.40. The van der Waals surface area contributed by atoms with Crippen molar-refractivity contribution in [3.63, 3.8) is 0 Å². The minimum Gasteiger partial charge on any atom is -0.296 e. The van der Waals surface area contributed by atoms with Crippen molar-refractivity contribution in [3.8, 4) is 0 Å². The molecule has 3 rings (SSSR count). The second-order valence-electron chi connectivity index (χ2n) is 4.69. The average Bonchev–Trinajstić information content (AvgIpc) is 1.84. The van der Waals surface area contributed by atoms with E-state index in [4.69, 9.17) is 0 Å². The van der Waals surface area contributed by atoms with Crippen molar-refractivity contribution in [1.29, 1.82) is 0 Å². The molecule has 0 amide bonds. The fourth-order valence-electron chi connectivity index (χ4n) is 1.90. The number of rotatable bonds is 0. The number of piperidine rings is 1. The second-order valence-corrected chi connectivity index (χ2v) is 6.30. The van der Waals surface area contributed by atoms with Crippen LogP contribution in [-0.2, 0) is 0 Å². The van der Waals surface area contributed by atoms with E-state index in [1.54, 1.807) is 0 Å². The van der Waals surface area contributed by atoms with E-state index in [0.717, 1.165) is 10.5 Å². The molecule has 2 unspecified atom stereocenters. The molecule has 2 bridgehead atoms. The SMILES string of the molecule is CC(C)(C)N1CC2CC(C1)S2. The number of nitrogens with zero attached hydrogens (tertiary/aromatic N) is 1. The van der Waals surface area contributed by atoms with Gasteiger partial charge in [-0.3, -0.25) is 4.90 Å². The van der Waals surface area contributed by atoms with Crippen LogP contribution in [-0.4, -0.2) is 34.0 Å². The lowest BCUT2D eigenvalue weighted by Gasteiger charge is -2.51. The van der Waals surface area contributed by atoms with Gasteiger partial charge in [-0.2, -0.15) is 11.8 Å². The summed E-state index contributed by atoms with van der Waals surface area (Å²) in [7, 11) is 0. The Morgan fingerprint density at radius 2 is 1.64 bits per heavy atom. The summed E-state index contributed by atoms with van der Waals surface area (Å²) in [5.74, 6) is 0. The van der Waals surface area contributed by atoms with Crippen molar-refractivity contribution in [2.75, 3.05) is 13.1 Å². The van der Waals surface area contributed by atoms with Crippen molar-refractivity contribution in [2.45, 2.75) is 43.2 Å². The van der Waals surface area contributed by atoms with E-state index in [2.05, 4.69) is 37.4 Å². The molecule has 0 N–H and O–H groups in total. The number of hydrogen-bond acceptors (Lipinski definition) is 2. The van der Waals surface area contributed by atoms with E-state index in [-0.39, 0.29) is 0 Å². The van der Waals surface area contributed by atoms with Crippen molar-refractivity contribution < 1.29 is 0 Å².